The van der Waals surface area contributed by atoms with E-state index >= 15 is 0 Å². The van der Waals surface area contributed by atoms with Gasteiger partial charge in [-0.15, -0.1) is 22.7 Å². The van der Waals surface area contributed by atoms with E-state index in [1.54, 1.807) is 11.3 Å². The zero-order chi connectivity index (χ0) is 26.6. The highest BCUT2D eigenvalue weighted by atomic mass is 35.5. The van der Waals surface area contributed by atoms with Gasteiger partial charge in [0.25, 0.3) is 0 Å². The molecule has 1 nitrogen and oxygen atoms in total. The van der Waals surface area contributed by atoms with Gasteiger partial charge in [0.2, 0.25) is 0 Å². The van der Waals surface area contributed by atoms with E-state index in [0.29, 0.717) is 0 Å². The largest absolute Gasteiger partial charge is 0.309 e. The highest BCUT2D eigenvalue weighted by molar-refractivity contribution is 7.26. The molecular formula is C36H22ClNS2. The number of nitrogens with zero attached hydrogens (tertiary/aromatic N) is 1. The first-order chi connectivity index (χ1) is 19.7. The molecule has 0 bridgehead atoms. The summed E-state index contributed by atoms with van der Waals surface area (Å²) in [6.45, 7) is 0. The maximum Gasteiger partial charge on any atom is 0.0640 e. The van der Waals surface area contributed by atoms with E-state index in [9.17, 15) is 0 Å². The molecule has 8 aromatic rings. The second-order valence-electron chi connectivity index (χ2n) is 9.90. The summed E-state index contributed by atoms with van der Waals surface area (Å²) >= 11 is 10.4. The standard InChI is InChI=1S/C36H22ClNS2/c37-30-12-7-15-34-35(30)28-11-6-13-31(36(28)40-34)38(25-18-16-24(17-19-25)23-8-2-1-3-9-23)26-20-21-33-29(22-26)27-10-4-5-14-32(27)39-33/h1-22H. The van der Waals surface area contributed by atoms with Crippen LogP contribution in [0.15, 0.2) is 133 Å². The number of thiophene rings is 2. The van der Waals surface area contributed by atoms with Crippen molar-refractivity contribution in [3.63, 3.8) is 0 Å². The Morgan fingerprint density at radius 3 is 2.02 bits per heavy atom. The van der Waals surface area contributed by atoms with Crippen LogP contribution in [0, 0.1) is 0 Å². The molecule has 0 radical (unpaired) electrons. The Morgan fingerprint density at radius 2 is 1.15 bits per heavy atom. The monoisotopic (exact) mass is 567 g/mol. The number of halogens is 1. The predicted octanol–water partition coefficient (Wildman–Crippen LogP) is 12.2. The third-order valence-electron chi connectivity index (χ3n) is 7.54. The molecule has 0 fully saturated rings. The van der Waals surface area contributed by atoms with Crippen LogP contribution in [-0.4, -0.2) is 0 Å². The molecule has 190 valence electrons. The molecule has 8 rings (SSSR count). The van der Waals surface area contributed by atoms with Crippen LogP contribution in [-0.2, 0) is 0 Å². The van der Waals surface area contributed by atoms with Crippen LogP contribution in [0.3, 0.4) is 0 Å². The van der Waals surface area contributed by atoms with Gasteiger partial charge in [-0.3, -0.25) is 0 Å². The summed E-state index contributed by atoms with van der Waals surface area (Å²) in [5, 5.41) is 5.71. The molecule has 0 atom stereocenters. The second kappa shape index (κ2) is 9.50. The van der Waals surface area contributed by atoms with E-state index in [0.717, 1.165) is 27.5 Å². The van der Waals surface area contributed by atoms with Crippen molar-refractivity contribution in [3.8, 4) is 11.1 Å². The van der Waals surface area contributed by atoms with Crippen molar-refractivity contribution in [2.45, 2.75) is 0 Å². The molecule has 0 saturated carbocycles. The van der Waals surface area contributed by atoms with Gasteiger partial charge in [-0.25, -0.2) is 0 Å². The van der Waals surface area contributed by atoms with Crippen LogP contribution in [0.2, 0.25) is 5.02 Å². The number of hydrogen-bond donors (Lipinski definition) is 0. The van der Waals surface area contributed by atoms with Gasteiger partial charge in [-0.1, -0.05) is 90.5 Å². The first-order valence-corrected chi connectivity index (χ1v) is 15.2. The van der Waals surface area contributed by atoms with Crippen LogP contribution in [0.5, 0.6) is 0 Å². The fraction of sp³-hybridized carbons (Fsp3) is 0. The van der Waals surface area contributed by atoms with Crippen LogP contribution >= 0.6 is 34.3 Å². The van der Waals surface area contributed by atoms with Crippen molar-refractivity contribution in [1.29, 1.82) is 0 Å². The normalized spacial score (nSPS) is 11.6. The number of benzene rings is 6. The van der Waals surface area contributed by atoms with Crippen molar-refractivity contribution >= 4 is 91.7 Å². The molecule has 0 amide bonds. The lowest BCUT2D eigenvalue weighted by molar-refractivity contribution is 1.31. The lowest BCUT2D eigenvalue weighted by Gasteiger charge is -2.26. The van der Waals surface area contributed by atoms with E-state index in [4.69, 9.17) is 11.6 Å². The minimum Gasteiger partial charge on any atom is -0.309 e. The highest BCUT2D eigenvalue weighted by Gasteiger charge is 2.20. The van der Waals surface area contributed by atoms with Crippen LogP contribution < -0.4 is 4.90 Å². The number of rotatable bonds is 4. The topological polar surface area (TPSA) is 3.24 Å². The van der Waals surface area contributed by atoms with Gasteiger partial charge >= 0.3 is 0 Å². The minimum atomic E-state index is 0.797. The summed E-state index contributed by atoms with van der Waals surface area (Å²) < 4.78 is 5.05. The van der Waals surface area contributed by atoms with Gasteiger partial charge < -0.3 is 4.90 Å². The third-order valence-corrected chi connectivity index (χ3v) is 10.2. The number of anilines is 3. The lowest BCUT2D eigenvalue weighted by Crippen LogP contribution is -2.10. The quantitative estimate of drug-likeness (QED) is 0.204. The molecule has 40 heavy (non-hydrogen) atoms. The van der Waals surface area contributed by atoms with Crippen molar-refractivity contribution < 1.29 is 0 Å². The minimum absolute atomic E-state index is 0.797. The summed E-state index contributed by atoms with van der Waals surface area (Å²) in [6.07, 6.45) is 0. The summed E-state index contributed by atoms with van der Waals surface area (Å²) in [5.41, 5.74) is 5.83. The van der Waals surface area contributed by atoms with Crippen LogP contribution in [0.1, 0.15) is 0 Å². The fourth-order valence-electron chi connectivity index (χ4n) is 5.68. The average Bonchev–Trinajstić information content (AvgIpc) is 3.58. The Morgan fingerprint density at radius 1 is 0.475 bits per heavy atom. The average molecular weight is 568 g/mol. The van der Waals surface area contributed by atoms with Crippen LogP contribution in [0.4, 0.5) is 17.1 Å². The van der Waals surface area contributed by atoms with Crippen molar-refractivity contribution in [1.82, 2.24) is 0 Å². The number of hydrogen-bond acceptors (Lipinski definition) is 3. The fourth-order valence-corrected chi connectivity index (χ4v) is 8.33. The Balaban J connectivity index is 1.37. The third kappa shape index (κ3) is 3.82. The molecule has 0 aliphatic carbocycles. The Kier molecular flexibility index (Phi) is 5.63. The van der Waals surface area contributed by atoms with Gasteiger partial charge in [0, 0.05) is 52.0 Å². The van der Waals surface area contributed by atoms with Gasteiger partial charge in [-0.2, -0.15) is 0 Å². The van der Waals surface area contributed by atoms with E-state index in [2.05, 4.69) is 126 Å². The molecule has 0 aliphatic heterocycles. The van der Waals surface area contributed by atoms with Crippen molar-refractivity contribution in [2.75, 3.05) is 4.90 Å². The van der Waals surface area contributed by atoms with Crippen molar-refractivity contribution in [3.05, 3.63) is 138 Å². The van der Waals surface area contributed by atoms with Gasteiger partial charge in [0.05, 0.1) is 10.4 Å². The molecule has 0 unspecified atom stereocenters. The Bertz CT molecular complexity index is 2180. The summed E-state index contributed by atoms with van der Waals surface area (Å²) in [4.78, 5) is 2.40. The molecule has 0 aliphatic rings. The zero-order valence-electron chi connectivity index (χ0n) is 21.3. The second-order valence-corrected chi connectivity index (χ2v) is 12.4. The zero-order valence-corrected chi connectivity index (χ0v) is 23.7. The SMILES string of the molecule is Clc1cccc2sc3c(N(c4ccc(-c5ccccc5)cc4)c4ccc5sc6ccccc6c5c4)cccc3c12. The Hall–Kier alpha value is -4.15. The molecule has 2 aromatic heterocycles. The predicted molar refractivity (Wildman–Crippen MR) is 177 cm³/mol. The smallest absolute Gasteiger partial charge is 0.0640 e. The van der Waals surface area contributed by atoms with Crippen molar-refractivity contribution in [2.24, 2.45) is 0 Å². The molecule has 0 N–H and O–H groups in total. The lowest BCUT2D eigenvalue weighted by atomic mass is 10.0. The van der Waals surface area contributed by atoms with Gasteiger partial charge in [0.15, 0.2) is 0 Å². The van der Waals surface area contributed by atoms with Gasteiger partial charge in [-0.05, 0) is 65.7 Å². The molecule has 0 spiro atoms. The first-order valence-electron chi connectivity index (χ1n) is 13.2. The summed E-state index contributed by atoms with van der Waals surface area (Å²) in [6, 6.07) is 47.8. The summed E-state index contributed by atoms with van der Waals surface area (Å²) in [5.74, 6) is 0. The van der Waals surface area contributed by atoms with E-state index in [1.165, 1.54) is 46.1 Å². The van der Waals surface area contributed by atoms with E-state index in [-0.39, 0.29) is 0 Å². The molecule has 2 heterocycles. The maximum absolute atomic E-state index is 6.72. The molecule has 6 aromatic carbocycles. The Labute approximate surface area is 245 Å². The highest BCUT2D eigenvalue weighted by Crippen LogP contribution is 2.47. The van der Waals surface area contributed by atoms with Gasteiger partial charge in [0.1, 0.15) is 0 Å². The summed E-state index contributed by atoms with van der Waals surface area (Å²) in [7, 11) is 0. The molecule has 4 heteroatoms. The first kappa shape index (κ1) is 23.7. The molecular weight excluding hydrogens is 546 g/mol. The van der Waals surface area contributed by atoms with E-state index in [1.807, 2.05) is 23.5 Å². The number of fused-ring (bicyclic) bond motifs is 6. The van der Waals surface area contributed by atoms with Crippen LogP contribution in [0.25, 0.3) is 51.5 Å². The maximum atomic E-state index is 6.72. The van der Waals surface area contributed by atoms with E-state index < -0.39 is 0 Å². The molecule has 0 saturated heterocycles.